The van der Waals surface area contributed by atoms with E-state index in [2.05, 4.69) is 12.2 Å². The van der Waals surface area contributed by atoms with Crippen LogP contribution in [0, 0.1) is 5.92 Å². The minimum atomic E-state index is -0.185. The van der Waals surface area contributed by atoms with E-state index in [4.69, 9.17) is 11.6 Å². The van der Waals surface area contributed by atoms with E-state index < -0.39 is 0 Å². The van der Waals surface area contributed by atoms with Crippen LogP contribution in [0.15, 0.2) is 48.5 Å². The number of amides is 2. The van der Waals surface area contributed by atoms with Gasteiger partial charge in [0.25, 0.3) is 11.8 Å². The quantitative estimate of drug-likeness (QED) is 0.879. The van der Waals surface area contributed by atoms with Gasteiger partial charge < -0.3 is 10.2 Å². The summed E-state index contributed by atoms with van der Waals surface area (Å²) in [4.78, 5) is 26.7. The summed E-state index contributed by atoms with van der Waals surface area (Å²) in [6.07, 6.45) is 2.10. The van der Waals surface area contributed by atoms with E-state index in [1.165, 1.54) is 0 Å². The van der Waals surface area contributed by atoms with Gasteiger partial charge in [-0.25, -0.2) is 0 Å². The van der Waals surface area contributed by atoms with Gasteiger partial charge in [0.05, 0.1) is 0 Å². The highest BCUT2D eigenvalue weighted by molar-refractivity contribution is 6.31. The number of benzene rings is 2. The fourth-order valence-corrected chi connectivity index (χ4v) is 3.28. The van der Waals surface area contributed by atoms with Crippen molar-refractivity contribution in [2.45, 2.75) is 26.3 Å². The molecule has 2 amide bonds. The first-order chi connectivity index (χ1) is 12.5. The van der Waals surface area contributed by atoms with Gasteiger partial charge in [-0.2, -0.15) is 0 Å². The van der Waals surface area contributed by atoms with E-state index in [0.29, 0.717) is 28.6 Å². The largest absolute Gasteiger partial charge is 0.348 e. The average molecular weight is 371 g/mol. The van der Waals surface area contributed by atoms with Crippen molar-refractivity contribution >= 4 is 23.4 Å². The first kappa shape index (κ1) is 18.5. The molecule has 0 bridgehead atoms. The Morgan fingerprint density at radius 3 is 2.31 bits per heavy atom. The molecule has 1 saturated heterocycles. The number of hydrogen-bond donors (Lipinski definition) is 1. The van der Waals surface area contributed by atoms with Crippen molar-refractivity contribution in [1.82, 2.24) is 10.2 Å². The zero-order valence-electron chi connectivity index (χ0n) is 14.9. The summed E-state index contributed by atoms with van der Waals surface area (Å²) in [5.41, 5.74) is 2.02. The second-order valence-corrected chi connectivity index (χ2v) is 7.23. The molecule has 0 atom stereocenters. The Morgan fingerprint density at radius 1 is 1.04 bits per heavy atom. The van der Waals surface area contributed by atoms with Gasteiger partial charge in [-0.1, -0.05) is 36.7 Å². The molecule has 0 spiro atoms. The Labute approximate surface area is 159 Å². The van der Waals surface area contributed by atoms with Gasteiger partial charge >= 0.3 is 0 Å². The molecule has 136 valence electrons. The minimum Gasteiger partial charge on any atom is -0.348 e. The van der Waals surface area contributed by atoms with Gasteiger partial charge in [0.15, 0.2) is 0 Å². The van der Waals surface area contributed by atoms with E-state index in [0.717, 1.165) is 31.5 Å². The normalized spacial score (nSPS) is 14.9. The third-order valence-corrected chi connectivity index (χ3v) is 5.23. The molecule has 0 aliphatic carbocycles. The molecule has 1 N–H and O–H groups in total. The predicted molar refractivity (Wildman–Crippen MR) is 103 cm³/mol. The zero-order chi connectivity index (χ0) is 18.5. The summed E-state index contributed by atoms with van der Waals surface area (Å²) < 4.78 is 0. The summed E-state index contributed by atoms with van der Waals surface area (Å²) in [5, 5.41) is 3.48. The zero-order valence-corrected chi connectivity index (χ0v) is 15.6. The standard InChI is InChI=1S/C21H23ClN2O2/c1-15-10-12-24(13-11-15)21(26)17-8-6-16(7-9-17)20(25)23-14-18-4-2-3-5-19(18)22/h2-9,15H,10-14H2,1H3,(H,23,25). The maximum atomic E-state index is 12.5. The van der Waals surface area contributed by atoms with E-state index >= 15 is 0 Å². The first-order valence-corrected chi connectivity index (χ1v) is 9.33. The Bertz CT molecular complexity index is 781. The van der Waals surface area contributed by atoms with Crippen molar-refractivity contribution in [3.63, 3.8) is 0 Å². The number of nitrogens with zero attached hydrogens (tertiary/aromatic N) is 1. The summed E-state index contributed by atoms with van der Waals surface area (Å²) in [7, 11) is 0. The summed E-state index contributed by atoms with van der Waals surface area (Å²) in [6.45, 7) is 4.20. The topological polar surface area (TPSA) is 49.4 Å². The van der Waals surface area contributed by atoms with Gasteiger partial charge in [-0.3, -0.25) is 9.59 Å². The molecular formula is C21H23ClN2O2. The van der Waals surface area contributed by atoms with Crippen LogP contribution in [0.2, 0.25) is 5.02 Å². The van der Waals surface area contributed by atoms with E-state index in [1.54, 1.807) is 30.3 Å². The second kappa shape index (κ2) is 8.37. The fraction of sp³-hybridized carbons (Fsp3) is 0.333. The number of carbonyl (C=O) groups excluding carboxylic acids is 2. The summed E-state index contributed by atoms with van der Waals surface area (Å²) >= 11 is 6.10. The van der Waals surface area contributed by atoms with Crippen LogP contribution >= 0.6 is 11.6 Å². The molecule has 2 aromatic rings. The lowest BCUT2D eigenvalue weighted by atomic mass is 9.98. The maximum absolute atomic E-state index is 12.5. The molecule has 5 heteroatoms. The predicted octanol–water partition coefficient (Wildman–Crippen LogP) is 4.14. The first-order valence-electron chi connectivity index (χ1n) is 8.95. The van der Waals surface area contributed by atoms with Crippen LogP contribution in [-0.2, 0) is 6.54 Å². The van der Waals surface area contributed by atoms with E-state index in [-0.39, 0.29) is 11.8 Å². The smallest absolute Gasteiger partial charge is 0.253 e. The molecule has 4 nitrogen and oxygen atoms in total. The highest BCUT2D eigenvalue weighted by atomic mass is 35.5. The third kappa shape index (κ3) is 4.44. The molecule has 0 radical (unpaired) electrons. The number of likely N-dealkylation sites (tertiary alicyclic amines) is 1. The monoisotopic (exact) mass is 370 g/mol. The SMILES string of the molecule is CC1CCN(C(=O)c2ccc(C(=O)NCc3ccccc3Cl)cc2)CC1. The van der Waals surface area contributed by atoms with Crippen LogP contribution in [0.25, 0.3) is 0 Å². The molecule has 1 fully saturated rings. The maximum Gasteiger partial charge on any atom is 0.253 e. The number of piperidine rings is 1. The van der Waals surface area contributed by atoms with Crippen LogP contribution in [0.5, 0.6) is 0 Å². The van der Waals surface area contributed by atoms with Crippen molar-refractivity contribution in [3.8, 4) is 0 Å². The molecule has 1 heterocycles. The number of hydrogen-bond acceptors (Lipinski definition) is 2. The van der Waals surface area contributed by atoms with Gasteiger partial charge in [0.2, 0.25) is 0 Å². The summed E-state index contributed by atoms with van der Waals surface area (Å²) in [6, 6.07) is 14.3. The molecule has 3 rings (SSSR count). The lowest BCUT2D eigenvalue weighted by Crippen LogP contribution is -2.37. The van der Waals surface area contributed by atoms with Crippen molar-refractivity contribution < 1.29 is 9.59 Å². The summed E-state index contributed by atoms with van der Waals surface area (Å²) in [5.74, 6) is 0.541. The average Bonchev–Trinajstić information content (AvgIpc) is 2.67. The highest BCUT2D eigenvalue weighted by Crippen LogP contribution is 2.19. The number of carbonyl (C=O) groups is 2. The van der Waals surface area contributed by atoms with Crippen molar-refractivity contribution in [3.05, 3.63) is 70.2 Å². The number of rotatable bonds is 4. The molecular weight excluding hydrogens is 348 g/mol. The molecule has 26 heavy (non-hydrogen) atoms. The Kier molecular flexibility index (Phi) is 5.94. The molecule has 0 aromatic heterocycles. The third-order valence-electron chi connectivity index (χ3n) is 4.86. The Balaban J connectivity index is 1.59. The minimum absolute atomic E-state index is 0.0416. The van der Waals surface area contributed by atoms with Crippen molar-refractivity contribution in [1.29, 1.82) is 0 Å². The van der Waals surface area contributed by atoms with E-state index in [1.807, 2.05) is 23.1 Å². The molecule has 2 aromatic carbocycles. The van der Waals surface area contributed by atoms with Gasteiger partial charge in [-0.05, 0) is 54.7 Å². The number of nitrogens with one attached hydrogen (secondary N) is 1. The fourth-order valence-electron chi connectivity index (χ4n) is 3.08. The lowest BCUT2D eigenvalue weighted by molar-refractivity contribution is 0.0696. The van der Waals surface area contributed by atoms with Crippen molar-refractivity contribution in [2.75, 3.05) is 13.1 Å². The highest BCUT2D eigenvalue weighted by Gasteiger charge is 2.21. The lowest BCUT2D eigenvalue weighted by Gasteiger charge is -2.30. The molecule has 1 aliphatic rings. The van der Waals surface area contributed by atoms with E-state index in [9.17, 15) is 9.59 Å². The van der Waals surface area contributed by atoms with Gasteiger partial charge in [0, 0.05) is 35.8 Å². The van der Waals surface area contributed by atoms with Gasteiger partial charge in [0.1, 0.15) is 0 Å². The van der Waals surface area contributed by atoms with Gasteiger partial charge in [-0.15, -0.1) is 0 Å². The van der Waals surface area contributed by atoms with Crippen LogP contribution in [0.3, 0.4) is 0 Å². The van der Waals surface area contributed by atoms with Crippen molar-refractivity contribution in [2.24, 2.45) is 5.92 Å². The Morgan fingerprint density at radius 2 is 1.65 bits per heavy atom. The Hall–Kier alpha value is -2.33. The molecule has 1 aliphatic heterocycles. The van der Waals surface area contributed by atoms with Crippen LogP contribution in [-0.4, -0.2) is 29.8 Å². The second-order valence-electron chi connectivity index (χ2n) is 6.83. The molecule has 0 saturated carbocycles. The number of halogens is 1. The molecule has 0 unspecified atom stereocenters. The van der Waals surface area contributed by atoms with Crippen LogP contribution in [0.4, 0.5) is 0 Å². The van der Waals surface area contributed by atoms with Crippen LogP contribution < -0.4 is 5.32 Å². The van der Waals surface area contributed by atoms with Crippen LogP contribution in [0.1, 0.15) is 46.0 Å².